The number of sulfonamides is 1. The molecule has 10 heteroatoms. The molecule has 1 atom stereocenters. The monoisotopic (exact) mass is 579 g/mol. The van der Waals surface area contributed by atoms with Gasteiger partial charge in [-0.15, -0.1) is 0 Å². The Morgan fingerprint density at radius 3 is 2.61 bits per heavy atom. The predicted octanol–water partition coefficient (Wildman–Crippen LogP) is 6.48. The van der Waals surface area contributed by atoms with E-state index in [1.165, 1.54) is 37.1 Å². The number of fused-ring (bicyclic) bond motifs is 1. The van der Waals surface area contributed by atoms with Gasteiger partial charge in [-0.05, 0) is 68.1 Å². The van der Waals surface area contributed by atoms with Gasteiger partial charge in [0.25, 0.3) is 10.0 Å². The maximum Gasteiger partial charge on any atom is 0.261 e. The quantitative estimate of drug-likeness (QED) is 0.204. The van der Waals surface area contributed by atoms with Crippen molar-refractivity contribution >= 4 is 26.6 Å². The largest absolute Gasteiger partial charge is 0.493 e. The van der Waals surface area contributed by atoms with Crippen LogP contribution in [0.15, 0.2) is 77.7 Å². The maximum absolute atomic E-state index is 14.9. The van der Waals surface area contributed by atoms with Crippen LogP contribution in [0.2, 0.25) is 0 Å². The number of halogens is 1. The predicted molar refractivity (Wildman–Crippen MR) is 157 cm³/mol. The first-order valence-electron chi connectivity index (χ1n) is 13.7. The minimum atomic E-state index is -3.85. The van der Waals surface area contributed by atoms with Gasteiger partial charge in [-0.3, -0.25) is 4.72 Å². The van der Waals surface area contributed by atoms with Crippen molar-refractivity contribution in [1.29, 1.82) is 0 Å². The molecule has 0 aliphatic carbocycles. The van der Waals surface area contributed by atoms with Gasteiger partial charge in [0.15, 0.2) is 23.1 Å². The summed E-state index contributed by atoms with van der Waals surface area (Å²) in [5.74, 6) is 1.30. The highest BCUT2D eigenvalue weighted by Crippen LogP contribution is 2.34. The summed E-state index contributed by atoms with van der Waals surface area (Å²) in [6.45, 7) is 6.12. The highest BCUT2D eigenvalue weighted by atomic mass is 32.2. The Labute approximate surface area is 240 Å². The molecule has 0 radical (unpaired) electrons. The van der Waals surface area contributed by atoms with Crippen LogP contribution in [0.4, 0.5) is 10.1 Å². The number of pyridine rings is 1. The highest BCUT2D eigenvalue weighted by molar-refractivity contribution is 7.92. The summed E-state index contributed by atoms with van der Waals surface area (Å²) in [7, 11) is -2.25. The summed E-state index contributed by atoms with van der Waals surface area (Å²) >= 11 is 0. The minimum Gasteiger partial charge on any atom is -0.493 e. The molecule has 0 saturated carbocycles. The van der Waals surface area contributed by atoms with E-state index >= 15 is 0 Å². The average Bonchev–Trinajstić information content (AvgIpc) is 2.96. The number of methoxy groups -OCH3 is 1. The van der Waals surface area contributed by atoms with Crippen molar-refractivity contribution in [2.45, 2.75) is 31.1 Å². The molecule has 1 saturated heterocycles. The van der Waals surface area contributed by atoms with Gasteiger partial charge in [-0.2, -0.15) is 0 Å². The highest BCUT2D eigenvalue weighted by Gasteiger charge is 2.17. The number of hydrogen-bond acceptors (Lipinski definition) is 7. The number of hydrogen-bond donors (Lipinski definition) is 1. The fraction of sp³-hybridized carbons (Fsp3) is 0.323. The molecule has 4 aromatic rings. The van der Waals surface area contributed by atoms with Gasteiger partial charge in [-0.25, -0.2) is 17.8 Å². The fourth-order valence-corrected chi connectivity index (χ4v) is 6.05. The summed E-state index contributed by atoms with van der Waals surface area (Å²) in [5, 5.41) is 0.815. The summed E-state index contributed by atoms with van der Waals surface area (Å²) in [5.41, 5.74) is 0.685. The number of anilines is 1. The third-order valence-electron chi connectivity index (χ3n) is 7.02. The molecule has 0 amide bonds. The second-order valence-corrected chi connectivity index (χ2v) is 11.9. The van der Waals surface area contributed by atoms with Crippen molar-refractivity contribution in [3.63, 3.8) is 0 Å². The normalized spacial score (nSPS) is 15.9. The second-order valence-electron chi connectivity index (χ2n) is 10.3. The number of piperidine rings is 1. The number of nitrogens with one attached hydrogen (secondary N) is 1. The van der Waals surface area contributed by atoms with Gasteiger partial charge in [0.05, 0.1) is 29.8 Å². The van der Waals surface area contributed by atoms with E-state index in [1.807, 2.05) is 12.1 Å². The Morgan fingerprint density at radius 2 is 1.85 bits per heavy atom. The molecule has 41 heavy (non-hydrogen) atoms. The molecule has 1 fully saturated rings. The molecular formula is C31H34FN3O5S. The molecule has 0 spiro atoms. The molecule has 8 nitrogen and oxygen atoms in total. The third kappa shape index (κ3) is 7.25. The molecule has 1 aliphatic heterocycles. The summed E-state index contributed by atoms with van der Waals surface area (Å²) in [6, 6.07) is 18.8. The van der Waals surface area contributed by atoms with Crippen molar-refractivity contribution in [2.24, 2.45) is 5.92 Å². The van der Waals surface area contributed by atoms with Gasteiger partial charge in [-0.1, -0.05) is 25.1 Å². The lowest BCUT2D eigenvalue weighted by atomic mass is 10.0. The number of aromatic nitrogens is 1. The molecule has 1 aliphatic rings. The summed E-state index contributed by atoms with van der Waals surface area (Å²) in [6.07, 6.45) is 3.45. The van der Waals surface area contributed by atoms with Crippen LogP contribution in [0.5, 0.6) is 23.1 Å². The molecule has 2 heterocycles. The maximum atomic E-state index is 14.9. The average molecular weight is 580 g/mol. The van der Waals surface area contributed by atoms with Gasteiger partial charge >= 0.3 is 0 Å². The van der Waals surface area contributed by atoms with Crippen molar-refractivity contribution in [3.05, 3.63) is 78.6 Å². The fourth-order valence-electron chi connectivity index (χ4n) is 4.98. The number of nitrogens with zero attached hydrogens (tertiary/aromatic N) is 2. The standard InChI is InChI=1S/C31H34FN3O5S/c1-22-8-6-15-35(21-22)16-7-17-39-30-20-27-23(18-29(30)38-2)11-14-31(33-27)40-28-13-12-24(19-26(28)32)34-41(36,37)25-9-4-3-5-10-25/h3-5,9-14,18-20,22,34H,6-8,15-17,21H2,1-2H3. The lowest BCUT2D eigenvalue weighted by Gasteiger charge is -2.30. The minimum absolute atomic E-state index is 0.0776. The van der Waals surface area contributed by atoms with Crippen molar-refractivity contribution in [2.75, 3.05) is 38.1 Å². The molecule has 1 unspecified atom stereocenters. The summed E-state index contributed by atoms with van der Waals surface area (Å²) in [4.78, 5) is 7.11. The van der Waals surface area contributed by atoms with Crippen LogP contribution < -0.4 is 18.9 Å². The van der Waals surface area contributed by atoms with E-state index in [1.54, 1.807) is 37.4 Å². The van der Waals surface area contributed by atoms with Crippen LogP contribution in [0, 0.1) is 11.7 Å². The van der Waals surface area contributed by atoms with E-state index in [9.17, 15) is 12.8 Å². The van der Waals surface area contributed by atoms with Crippen LogP contribution in [-0.4, -0.2) is 51.7 Å². The van der Waals surface area contributed by atoms with E-state index in [4.69, 9.17) is 14.2 Å². The smallest absolute Gasteiger partial charge is 0.261 e. The van der Waals surface area contributed by atoms with E-state index in [2.05, 4.69) is 21.5 Å². The molecule has 5 rings (SSSR count). The molecule has 216 valence electrons. The molecule has 1 aromatic heterocycles. The third-order valence-corrected chi connectivity index (χ3v) is 8.42. The van der Waals surface area contributed by atoms with E-state index in [0.717, 1.165) is 43.4 Å². The van der Waals surface area contributed by atoms with Gasteiger partial charge in [0.1, 0.15) is 0 Å². The Balaban J connectivity index is 1.25. The number of likely N-dealkylation sites (tertiary alicyclic amines) is 1. The Bertz CT molecular complexity index is 1600. The van der Waals surface area contributed by atoms with Crippen molar-refractivity contribution in [3.8, 4) is 23.1 Å². The van der Waals surface area contributed by atoms with Gasteiger partial charge in [0.2, 0.25) is 5.88 Å². The molecular weight excluding hydrogens is 545 g/mol. The molecule has 0 bridgehead atoms. The van der Waals surface area contributed by atoms with E-state index in [0.29, 0.717) is 23.6 Å². The van der Waals surface area contributed by atoms with Crippen LogP contribution >= 0.6 is 0 Å². The van der Waals surface area contributed by atoms with E-state index in [-0.39, 0.29) is 22.2 Å². The SMILES string of the molecule is COc1cc2ccc(Oc3ccc(NS(=O)(=O)c4ccccc4)cc3F)nc2cc1OCCCN1CCCC(C)C1. The lowest BCUT2D eigenvalue weighted by Crippen LogP contribution is -2.35. The van der Waals surface area contributed by atoms with E-state index < -0.39 is 15.8 Å². The van der Waals surface area contributed by atoms with Crippen molar-refractivity contribution < 1.29 is 27.0 Å². The Hall–Kier alpha value is -3.89. The Morgan fingerprint density at radius 1 is 1.02 bits per heavy atom. The summed E-state index contributed by atoms with van der Waals surface area (Å²) < 4.78 is 59.7. The molecule has 3 aromatic carbocycles. The Kier molecular flexibility index (Phi) is 8.90. The van der Waals surface area contributed by atoms with Gasteiger partial charge in [0, 0.05) is 36.7 Å². The van der Waals surface area contributed by atoms with Crippen LogP contribution in [0.25, 0.3) is 10.9 Å². The zero-order chi connectivity index (χ0) is 28.8. The van der Waals surface area contributed by atoms with Crippen LogP contribution in [0.3, 0.4) is 0 Å². The number of ether oxygens (including phenoxy) is 3. The van der Waals surface area contributed by atoms with Crippen LogP contribution in [-0.2, 0) is 10.0 Å². The molecule has 1 N–H and O–H groups in total. The zero-order valence-electron chi connectivity index (χ0n) is 23.2. The number of rotatable bonds is 11. The lowest BCUT2D eigenvalue weighted by molar-refractivity contribution is 0.169. The first kappa shape index (κ1) is 28.6. The first-order valence-corrected chi connectivity index (χ1v) is 15.2. The first-order chi connectivity index (χ1) is 19.8. The van der Waals surface area contributed by atoms with Gasteiger partial charge < -0.3 is 19.1 Å². The van der Waals surface area contributed by atoms with Crippen molar-refractivity contribution in [1.82, 2.24) is 9.88 Å². The topological polar surface area (TPSA) is 90.0 Å². The number of benzene rings is 3. The zero-order valence-corrected chi connectivity index (χ0v) is 24.0. The second kappa shape index (κ2) is 12.7. The van der Waals surface area contributed by atoms with Crippen LogP contribution in [0.1, 0.15) is 26.2 Å².